The summed E-state index contributed by atoms with van der Waals surface area (Å²) in [6.45, 7) is 0.130. The molecule has 0 spiro atoms. The molecule has 4 saturated carbocycles. The van der Waals surface area contributed by atoms with Crippen LogP contribution < -0.4 is 11.5 Å². The van der Waals surface area contributed by atoms with Crippen LogP contribution in [0.3, 0.4) is 0 Å². The van der Waals surface area contributed by atoms with Gasteiger partial charge in [0, 0.05) is 5.41 Å². The van der Waals surface area contributed by atoms with Gasteiger partial charge in [-0.15, -0.1) is 0 Å². The highest BCUT2D eigenvalue weighted by molar-refractivity contribution is 5.74. The van der Waals surface area contributed by atoms with Crippen molar-refractivity contribution < 1.29 is 4.79 Å². The number of primary amides is 1. The average molecular weight is 274 g/mol. The highest BCUT2D eigenvalue weighted by atomic mass is 16.1. The predicted molar refractivity (Wildman–Crippen MR) is 75.7 cm³/mol. The molecule has 0 aromatic carbocycles. The first-order valence-corrected chi connectivity index (χ1v) is 7.65. The second-order valence-electron chi connectivity index (χ2n) is 7.27. The topological polar surface area (TPSA) is 86.9 Å². The van der Waals surface area contributed by atoms with Crippen LogP contribution in [0.2, 0.25) is 0 Å². The van der Waals surface area contributed by atoms with E-state index in [2.05, 4.69) is 4.98 Å². The molecular weight excluding hydrogens is 252 g/mol. The molecule has 4 bridgehead atoms. The third-order valence-corrected chi connectivity index (χ3v) is 5.75. The number of carbonyl (C=O) groups excluding carboxylic acids is 1. The Balaban J connectivity index is 1.70. The minimum Gasteiger partial charge on any atom is -0.384 e. The average Bonchev–Trinajstić information content (AvgIpc) is 2.69. The van der Waals surface area contributed by atoms with E-state index in [1.54, 1.807) is 10.9 Å². The Labute approximate surface area is 118 Å². The van der Waals surface area contributed by atoms with Gasteiger partial charge in [-0.3, -0.25) is 4.79 Å². The van der Waals surface area contributed by atoms with Crippen molar-refractivity contribution in [3.63, 3.8) is 0 Å². The molecule has 4 aliphatic rings. The van der Waals surface area contributed by atoms with Gasteiger partial charge in [0.15, 0.2) is 0 Å². The zero-order chi connectivity index (χ0) is 13.9. The molecule has 0 aliphatic heterocycles. The van der Waals surface area contributed by atoms with Gasteiger partial charge in [-0.25, -0.2) is 4.98 Å². The van der Waals surface area contributed by atoms with Crippen molar-refractivity contribution in [3.8, 4) is 0 Å². The van der Waals surface area contributed by atoms with Crippen LogP contribution in [0.25, 0.3) is 0 Å². The Bertz CT molecular complexity index is 527. The monoisotopic (exact) mass is 274 g/mol. The Morgan fingerprint density at radius 2 is 1.80 bits per heavy atom. The second-order valence-corrected chi connectivity index (χ2v) is 7.27. The van der Waals surface area contributed by atoms with Crippen molar-refractivity contribution in [2.45, 2.75) is 50.5 Å². The molecule has 108 valence electrons. The minimum absolute atomic E-state index is 0.130. The largest absolute Gasteiger partial charge is 0.384 e. The molecule has 5 nitrogen and oxygen atoms in total. The van der Waals surface area contributed by atoms with Crippen LogP contribution in [0, 0.1) is 17.8 Å². The van der Waals surface area contributed by atoms with Gasteiger partial charge in [0.05, 0.1) is 12.0 Å². The summed E-state index contributed by atoms with van der Waals surface area (Å²) in [6.07, 6.45) is 9.60. The molecule has 1 heterocycles. The zero-order valence-electron chi connectivity index (χ0n) is 11.7. The quantitative estimate of drug-likeness (QED) is 0.873. The van der Waals surface area contributed by atoms with Crippen molar-refractivity contribution in [1.29, 1.82) is 0 Å². The highest BCUT2D eigenvalue weighted by Crippen LogP contribution is 2.61. The van der Waals surface area contributed by atoms with Crippen molar-refractivity contribution in [2.75, 3.05) is 5.73 Å². The van der Waals surface area contributed by atoms with Gasteiger partial charge >= 0.3 is 0 Å². The number of nitrogens with zero attached hydrogens (tertiary/aromatic N) is 2. The number of nitrogens with two attached hydrogens (primary N) is 2. The Hall–Kier alpha value is -1.52. The Morgan fingerprint density at radius 1 is 1.25 bits per heavy atom. The summed E-state index contributed by atoms with van der Waals surface area (Å²) < 4.78 is 1.70. The predicted octanol–water partition coefficient (Wildman–Crippen LogP) is 1.42. The van der Waals surface area contributed by atoms with E-state index in [0.717, 1.165) is 23.4 Å². The van der Waals surface area contributed by atoms with Crippen LogP contribution >= 0.6 is 0 Å². The number of amides is 1. The molecule has 4 fully saturated rings. The molecule has 1 amide bonds. The first-order chi connectivity index (χ1) is 9.56. The number of nitrogen functional groups attached to an aromatic ring is 1. The standard InChI is InChI=1S/C15H22N4O/c16-12(20)7-19-8-18-13(14(19)17)15-4-9-1-10(5-15)3-11(2-9)6-15/h8-11H,1-7,17H2,(H2,16,20). The fraction of sp³-hybridized carbons (Fsp3) is 0.733. The SMILES string of the molecule is NC(=O)Cn1cnc(C23CC4CC(CC(C4)C2)C3)c1N. The summed E-state index contributed by atoms with van der Waals surface area (Å²) in [5, 5.41) is 0. The van der Waals surface area contributed by atoms with Gasteiger partial charge in [-0.2, -0.15) is 0 Å². The molecular formula is C15H22N4O. The third kappa shape index (κ3) is 1.68. The van der Waals surface area contributed by atoms with E-state index in [1.165, 1.54) is 38.5 Å². The molecule has 1 aromatic heterocycles. The first-order valence-electron chi connectivity index (χ1n) is 7.65. The molecule has 5 heteroatoms. The molecule has 0 atom stereocenters. The number of aromatic nitrogens is 2. The Morgan fingerprint density at radius 3 is 2.30 bits per heavy atom. The number of anilines is 1. The molecule has 0 radical (unpaired) electrons. The second kappa shape index (κ2) is 3.99. The minimum atomic E-state index is -0.369. The number of carbonyl (C=O) groups is 1. The normalized spacial score (nSPS) is 38.3. The maximum Gasteiger partial charge on any atom is 0.237 e. The van der Waals surface area contributed by atoms with Gasteiger partial charge < -0.3 is 16.0 Å². The maximum atomic E-state index is 11.1. The lowest BCUT2D eigenvalue weighted by molar-refractivity contribution is -0.118. The molecule has 4 aliphatic carbocycles. The summed E-state index contributed by atoms with van der Waals surface area (Å²) in [4.78, 5) is 15.7. The summed E-state index contributed by atoms with van der Waals surface area (Å²) in [7, 11) is 0. The van der Waals surface area contributed by atoms with Gasteiger partial charge in [-0.1, -0.05) is 0 Å². The van der Waals surface area contributed by atoms with Gasteiger partial charge in [0.25, 0.3) is 0 Å². The molecule has 20 heavy (non-hydrogen) atoms. The number of hydrogen-bond donors (Lipinski definition) is 2. The highest BCUT2D eigenvalue weighted by Gasteiger charge is 2.53. The number of hydrogen-bond acceptors (Lipinski definition) is 3. The van der Waals surface area contributed by atoms with Crippen molar-refractivity contribution in [1.82, 2.24) is 9.55 Å². The van der Waals surface area contributed by atoms with E-state index in [4.69, 9.17) is 11.5 Å². The molecule has 5 rings (SSSR count). The van der Waals surface area contributed by atoms with Crippen molar-refractivity contribution in [3.05, 3.63) is 12.0 Å². The van der Waals surface area contributed by atoms with E-state index in [0.29, 0.717) is 5.82 Å². The fourth-order valence-electron chi connectivity index (χ4n) is 5.49. The van der Waals surface area contributed by atoms with Crippen LogP contribution in [-0.2, 0) is 16.8 Å². The molecule has 4 N–H and O–H groups in total. The fourth-order valence-corrected chi connectivity index (χ4v) is 5.49. The van der Waals surface area contributed by atoms with E-state index >= 15 is 0 Å². The van der Waals surface area contributed by atoms with Crippen molar-refractivity contribution >= 4 is 11.7 Å². The maximum absolute atomic E-state index is 11.1. The third-order valence-electron chi connectivity index (χ3n) is 5.75. The molecule has 0 saturated heterocycles. The first kappa shape index (κ1) is 12.2. The molecule has 0 unspecified atom stereocenters. The van der Waals surface area contributed by atoms with Gasteiger partial charge in [-0.05, 0) is 56.3 Å². The number of rotatable bonds is 3. The van der Waals surface area contributed by atoms with E-state index in [9.17, 15) is 4.79 Å². The van der Waals surface area contributed by atoms with Gasteiger partial charge in [0.1, 0.15) is 12.4 Å². The summed E-state index contributed by atoms with van der Waals surface area (Å²) in [6, 6.07) is 0. The summed E-state index contributed by atoms with van der Waals surface area (Å²) >= 11 is 0. The van der Waals surface area contributed by atoms with Crippen LogP contribution in [-0.4, -0.2) is 15.5 Å². The summed E-state index contributed by atoms with van der Waals surface area (Å²) in [5.41, 5.74) is 12.8. The van der Waals surface area contributed by atoms with E-state index in [1.807, 2.05) is 0 Å². The van der Waals surface area contributed by atoms with Crippen molar-refractivity contribution in [2.24, 2.45) is 23.5 Å². The zero-order valence-corrected chi connectivity index (χ0v) is 11.7. The lowest BCUT2D eigenvalue weighted by Gasteiger charge is -2.56. The van der Waals surface area contributed by atoms with Crippen LogP contribution in [0.4, 0.5) is 5.82 Å². The van der Waals surface area contributed by atoms with Crippen LogP contribution in [0.15, 0.2) is 6.33 Å². The number of imidazole rings is 1. The lowest BCUT2D eigenvalue weighted by atomic mass is 9.49. The van der Waals surface area contributed by atoms with Gasteiger partial charge in [0.2, 0.25) is 5.91 Å². The Kier molecular flexibility index (Phi) is 2.44. The van der Waals surface area contributed by atoms with E-state index in [-0.39, 0.29) is 17.9 Å². The summed E-state index contributed by atoms with van der Waals surface area (Å²) in [5.74, 6) is 2.88. The molecule has 1 aromatic rings. The lowest BCUT2D eigenvalue weighted by Crippen LogP contribution is -2.49. The van der Waals surface area contributed by atoms with Crippen LogP contribution in [0.5, 0.6) is 0 Å². The van der Waals surface area contributed by atoms with Crippen LogP contribution in [0.1, 0.15) is 44.2 Å². The smallest absolute Gasteiger partial charge is 0.237 e. The van der Waals surface area contributed by atoms with E-state index < -0.39 is 0 Å².